The van der Waals surface area contributed by atoms with Crippen molar-refractivity contribution in [2.45, 2.75) is 37.8 Å². The highest BCUT2D eigenvalue weighted by Gasteiger charge is 2.37. The second kappa shape index (κ2) is 10.8. The second-order valence-corrected chi connectivity index (χ2v) is 8.52. The Morgan fingerprint density at radius 3 is 2.38 bits per heavy atom. The summed E-state index contributed by atoms with van der Waals surface area (Å²) in [6.45, 7) is 0.0692. The first kappa shape index (κ1) is 28.3. The topological polar surface area (TPSA) is 106 Å². The van der Waals surface area contributed by atoms with Gasteiger partial charge in [-0.05, 0) is 36.4 Å². The molecule has 0 saturated carbocycles. The van der Waals surface area contributed by atoms with E-state index in [4.69, 9.17) is 6.42 Å². The highest BCUT2D eigenvalue weighted by atomic mass is 19.4. The van der Waals surface area contributed by atoms with Crippen LogP contribution in [-0.4, -0.2) is 30.8 Å². The maximum absolute atomic E-state index is 14.8. The molecular weight excluding hydrogens is 549 g/mol. The van der Waals surface area contributed by atoms with Crippen molar-refractivity contribution in [1.82, 2.24) is 24.7 Å². The van der Waals surface area contributed by atoms with E-state index < -0.39 is 52.1 Å². The minimum Gasteiger partial charge on any atom is -0.370 e. The number of pyridine rings is 1. The Bertz CT molecular complexity index is 1700. The predicted molar refractivity (Wildman–Crippen MR) is 130 cm³/mol. The fraction of sp³-hybridized carbons (Fsp3) is 0.240. The van der Waals surface area contributed by atoms with Gasteiger partial charge in [0.25, 0.3) is 11.1 Å². The lowest BCUT2D eigenvalue weighted by molar-refractivity contribution is -0.139. The standard InChI is InChI=1S/C25H17F7N6O2/c1-2-15(36-19-12-35-37-22(39)20(19)25(30,31)32)4-3-6-38-7-5-13-8-17(18(26)9-16(13)23(38)40)21-33-10-14(11-34-21)24(27,28)29/h1,5,7-12,15H,3-4,6H2,(H2,36,37,39)/t15-/m0/s1. The SMILES string of the molecule is C#C[C@@H](CCCn1ccc2cc(-c3ncc(C(F)(F)F)cn3)c(F)cc2c1=O)Nc1cn[nH]c(=O)c1C(F)(F)F. The summed E-state index contributed by atoms with van der Waals surface area (Å²) in [4.78, 5) is 31.7. The van der Waals surface area contributed by atoms with Gasteiger partial charge in [0.05, 0.1) is 34.4 Å². The molecule has 15 heteroatoms. The third-order valence-electron chi connectivity index (χ3n) is 5.85. The van der Waals surface area contributed by atoms with Gasteiger partial charge in [0, 0.05) is 25.1 Å². The minimum absolute atomic E-state index is 0.0216. The van der Waals surface area contributed by atoms with Crippen molar-refractivity contribution in [1.29, 1.82) is 0 Å². The molecule has 2 N–H and O–H groups in total. The van der Waals surface area contributed by atoms with Crippen LogP contribution in [0.5, 0.6) is 0 Å². The number of aromatic nitrogens is 5. The number of nitrogens with one attached hydrogen (secondary N) is 2. The van der Waals surface area contributed by atoms with Crippen molar-refractivity contribution in [2.75, 3.05) is 5.32 Å². The number of hydrogen-bond acceptors (Lipinski definition) is 6. The zero-order chi connectivity index (χ0) is 29.2. The van der Waals surface area contributed by atoms with E-state index in [0.717, 1.165) is 12.3 Å². The van der Waals surface area contributed by atoms with E-state index in [2.05, 4.69) is 26.3 Å². The van der Waals surface area contributed by atoms with Gasteiger partial charge < -0.3 is 9.88 Å². The lowest BCUT2D eigenvalue weighted by atomic mass is 10.1. The number of nitrogens with zero attached hydrogens (tertiary/aromatic N) is 4. The summed E-state index contributed by atoms with van der Waals surface area (Å²) in [6, 6.07) is 2.71. The average molecular weight is 566 g/mol. The molecule has 1 aromatic carbocycles. The van der Waals surface area contributed by atoms with Crippen LogP contribution in [-0.2, 0) is 18.9 Å². The van der Waals surface area contributed by atoms with E-state index in [0.29, 0.717) is 12.4 Å². The smallest absolute Gasteiger partial charge is 0.370 e. The van der Waals surface area contributed by atoms with Crippen LogP contribution in [0.25, 0.3) is 22.2 Å². The second-order valence-electron chi connectivity index (χ2n) is 8.52. The fourth-order valence-electron chi connectivity index (χ4n) is 3.91. The number of H-pyrrole nitrogens is 1. The molecular formula is C25H17F7N6O2. The van der Waals surface area contributed by atoms with E-state index in [1.807, 2.05) is 0 Å². The zero-order valence-electron chi connectivity index (χ0n) is 20.1. The van der Waals surface area contributed by atoms with Crippen LogP contribution in [0.4, 0.5) is 36.4 Å². The largest absolute Gasteiger partial charge is 0.423 e. The van der Waals surface area contributed by atoms with Gasteiger partial charge in [-0.1, -0.05) is 5.92 Å². The van der Waals surface area contributed by atoms with Crippen LogP contribution in [0.3, 0.4) is 0 Å². The van der Waals surface area contributed by atoms with Crippen molar-refractivity contribution in [3.8, 4) is 23.7 Å². The lowest BCUT2D eigenvalue weighted by Gasteiger charge is -2.18. The summed E-state index contributed by atoms with van der Waals surface area (Å²) in [5.41, 5.74) is -5.39. The van der Waals surface area contributed by atoms with Gasteiger partial charge in [-0.2, -0.15) is 31.4 Å². The maximum atomic E-state index is 14.8. The number of terminal acetylenes is 1. The monoisotopic (exact) mass is 566 g/mol. The Morgan fingerprint density at radius 1 is 1.05 bits per heavy atom. The lowest BCUT2D eigenvalue weighted by Crippen LogP contribution is -2.28. The number of halogens is 7. The molecule has 0 saturated heterocycles. The Kier molecular flexibility index (Phi) is 7.63. The first-order valence-corrected chi connectivity index (χ1v) is 11.4. The Morgan fingerprint density at radius 2 is 1.75 bits per heavy atom. The Labute approximate surface area is 219 Å². The number of aryl methyl sites for hydroxylation is 1. The number of benzene rings is 1. The van der Waals surface area contributed by atoms with Gasteiger partial charge in [0.15, 0.2) is 5.82 Å². The van der Waals surface area contributed by atoms with E-state index >= 15 is 0 Å². The molecule has 3 heterocycles. The maximum Gasteiger partial charge on any atom is 0.423 e. The number of hydrogen-bond donors (Lipinski definition) is 2. The molecule has 0 bridgehead atoms. The van der Waals surface area contributed by atoms with Gasteiger partial charge in [-0.15, -0.1) is 6.42 Å². The first-order valence-electron chi connectivity index (χ1n) is 11.4. The Hall–Kier alpha value is -4.74. The van der Waals surface area contributed by atoms with Crippen molar-refractivity contribution in [2.24, 2.45) is 0 Å². The van der Waals surface area contributed by atoms with Gasteiger partial charge in [-0.25, -0.2) is 19.5 Å². The molecule has 208 valence electrons. The van der Waals surface area contributed by atoms with E-state index in [-0.39, 0.29) is 41.5 Å². The molecule has 4 aromatic rings. The molecule has 0 unspecified atom stereocenters. The van der Waals surface area contributed by atoms with Crippen LogP contribution in [0.15, 0.2) is 52.6 Å². The number of anilines is 1. The summed E-state index contributed by atoms with van der Waals surface area (Å²) in [6.07, 6.45) is -0.618. The van der Waals surface area contributed by atoms with Crippen LogP contribution in [0.2, 0.25) is 0 Å². The summed E-state index contributed by atoms with van der Waals surface area (Å²) in [5, 5.41) is 7.81. The van der Waals surface area contributed by atoms with Crippen molar-refractivity contribution >= 4 is 16.5 Å². The summed E-state index contributed by atoms with van der Waals surface area (Å²) in [5.74, 6) is 1.07. The van der Waals surface area contributed by atoms with Crippen LogP contribution >= 0.6 is 0 Å². The van der Waals surface area contributed by atoms with Gasteiger partial charge in [0.2, 0.25) is 0 Å². The Balaban J connectivity index is 1.50. The molecule has 4 rings (SSSR count). The molecule has 8 nitrogen and oxygen atoms in total. The zero-order valence-corrected chi connectivity index (χ0v) is 20.1. The molecule has 0 aliphatic heterocycles. The molecule has 0 spiro atoms. The molecule has 0 fully saturated rings. The predicted octanol–water partition coefficient (Wildman–Crippen LogP) is 4.61. The number of alkyl halides is 6. The van der Waals surface area contributed by atoms with Gasteiger partial charge >= 0.3 is 12.4 Å². The molecule has 0 aliphatic carbocycles. The summed E-state index contributed by atoms with van der Waals surface area (Å²) in [7, 11) is 0. The van der Waals surface area contributed by atoms with E-state index in [1.54, 1.807) is 5.10 Å². The highest BCUT2D eigenvalue weighted by Crippen LogP contribution is 2.32. The van der Waals surface area contributed by atoms with Crippen LogP contribution in [0.1, 0.15) is 24.0 Å². The minimum atomic E-state index is -4.95. The van der Waals surface area contributed by atoms with Gasteiger partial charge in [-0.3, -0.25) is 9.59 Å². The molecule has 0 amide bonds. The fourth-order valence-corrected chi connectivity index (χ4v) is 3.91. The van der Waals surface area contributed by atoms with Crippen molar-refractivity contribution in [3.63, 3.8) is 0 Å². The van der Waals surface area contributed by atoms with Crippen LogP contribution in [0, 0.1) is 18.2 Å². The molecule has 0 aliphatic rings. The third kappa shape index (κ3) is 5.95. The number of aromatic amines is 1. The quantitative estimate of drug-likeness (QED) is 0.250. The summed E-state index contributed by atoms with van der Waals surface area (Å²) >= 11 is 0. The molecule has 1 atom stereocenters. The van der Waals surface area contributed by atoms with Crippen molar-refractivity contribution in [3.05, 3.63) is 80.6 Å². The van der Waals surface area contributed by atoms with Gasteiger partial charge in [0.1, 0.15) is 11.4 Å². The van der Waals surface area contributed by atoms with E-state index in [1.165, 1.54) is 22.9 Å². The number of fused-ring (bicyclic) bond motifs is 1. The normalized spacial score (nSPS) is 12.8. The highest BCUT2D eigenvalue weighted by molar-refractivity contribution is 5.86. The van der Waals surface area contributed by atoms with E-state index in [9.17, 15) is 40.3 Å². The first-order chi connectivity index (χ1) is 18.8. The average Bonchev–Trinajstić information content (AvgIpc) is 2.88. The summed E-state index contributed by atoms with van der Waals surface area (Å²) < 4.78 is 94.1. The van der Waals surface area contributed by atoms with Crippen LogP contribution < -0.4 is 16.4 Å². The third-order valence-corrected chi connectivity index (χ3v) is 5.85. The molecule has 40 heavy (non-hydrogen) atoms. The number of rotatable bonds is 7. The van der Waals surface area contributed by atoms with Crippen molar-refractivity contribution < 1.29 is 30.7 Å². The molecule has 3 aromatic heterocycles. The molecule has 0 radical (unpaired) electrons.